The van der Waals surface area contributed by atoms with Gasteiger partial charge in [-0.1, -0.05) is 32.0 Å². The molecule has 0 bridgehead atoms. The van der Waals surface area contributed by atoms with Crippen molar-refractivity contribution in [3.8, 4) is 0 Å². The highest BCUT2D eigenvalue weighted by Crippen LogP contribution is 2.47. The van der Waals surface area contributed by atoms with Crippen molar-refractivity contribution < 1.29 is 23.2 Å². The minimum absolute atomic E-state index is 0.0332. The molecule has 3 amide bonds. The topological polar surface area (TPSA) is 82.9 Å². The van der Waals surface area contributed by atoms with Crippen LogP contribution >= 0.6 is 0 Å². The van der Waals surface area contributed by atoms with Crippen molar-refractivity contribution in [2.45, 2.75) is 38.3 Å². The second kappa shape index (κ2) is 8.86. The van der Waals surface area contributed by atoms with E-state index in [-0.39, 0.29) is 36.9 Å². The number of fused-ring (bicyclic) bond motifs is 2. The zero-order chi connectivity index (χ0) is 24.6. The third-order valence-electron chi connectivity index (χ3n) is 6.40. The number of rotatable bonds is 5. The van der Waals surface area contributed by atoms with E-state index in [9.17, 15) is 23.2 Å². The number of hydrogen-bond acceptors (Lipinski definition) is 3. The zero-order valence-electron chi connectivity index (χ0n) is 18.8. The quantitative estimate of drug-likeness (QED) is 0.517. The lowest BCUT2D eigenvalue weighted by molar-refractivity contribution is -0.141. The van der Waals surface area contributed by atoms with Gasteiger partial charge in [0, 0.05) is 18.3 Å². The molecular weight excluding hydrogens is 442 g/mol. The van der Waals surface area contributed by atoms with Gasteiger partial charge in [-0.2, -0.15) is 0 Å². The van der Waals surface area contributed by atoms with Gasteiger partial charge in [-0.15, -0.1) is 0 Å². The van der Waals surface area contributed by atoms with E-state index < -0.39 is 40.9 Å². The molecule has 9 heteroatoms. The molecule has 176 valence electrons. The Morgan fingerprint density at radius 3 is 2.68 bits per heavy atom. The van der Waals surface area contributed by atoms with Gasteiger partial charge in [0.1, 0.15) is 23.0 Å². The van der Waals surface area contributed by atoms with E-state index in [2.05, 4.69) is 15.5 Å². The molecule has 2 aliphatic heterocycles. The molecule has 0 radical (unpaired) electrons. The van der Waals surface area contributed by atoms with Crippen LogP contribution in [0.4, 0.5) is 20.2 Å². The van der Waals surface area contributed by atoms with E-state index in [1.54, 1.807) is 24.3 Å². The molecule has 2 aliphatic rings. The third kappa shape index (κ3) is 4.00. The summed E-state index contributed by atoms with van der Waals surface area (Å²) in [4.78, 5) is 44.5. The molecule has 1 unspecified atom stereocenters. The number of nitrogens with zero attached hydrogens (tertiary/aromatic N) is 2. The van der Waals surface area contributed by atoms with E-state index in [0.29, 0.717) is 11.8 Å². The second-order valence-electron chi connectivity index (χ2n) is 9.16. The van der Waals surface area contributed by atoms with Gasteiger partial charge in [0.2, 0.25) is 17.7 Å². The van der Waals surface area contributed by atoms with Crippen molar-refractivity contribution in [3.63, 3.8) is 0 Å². The second-order valence-corrected chi connectivity index (χ2v) is 9.16. The van der Waals surface area contributed by atoms with Gasteiger partial charge in [-0.25, -0.2) is 15.4 Å². The average molecular weight is 466 g/mol. The van der Waals surface area contributed by atoms with Crippen molar-refractivity contribution in [1.29, 1.82) is 0 Å². The standard InChI is InChI=1S/C25H24F2N4O3/c1-14(2)10-16(22(32)29-20-9-8-15(26)11-18(20)27)23(33)31-13-25(12-21(31)28-3)17-6-4-5-7-19(17)30-24(25)34/h4-9,11,14,16,21H,10,12-13H2,1-2H3,(H,29,32)(H,30,34)/t16?,21-,25-/m0/s1. The van der Waals surface area contributed by atoms with E-state index in [1.165, 1.54) is 4.90 Å². The number of amides is 3. The Labute approximate surface area is 195 Å². The summed E-state index contributed by atoms with van der Waals surface area (Å²) in [6.45, 7) is 11.3. The molecule has 1 saturated heterocycles. The van der Waals surface area contributed by atoms with Crippen LogP contribution in [0.2, 0.25) is 0 Å². The Bertz CT molecular complexity index is 1210. The van der Waals surface area contributed by atoms with Gasteiger partial charge in [0.25, 0.3) is 0 Å². The lowest BCUT2D eigenvalue weighted by Crippen LogP contribution is -2.45. The lowest BCUT2D eigenvalue weighted by atomic mass is 9.80. The number of likely N-dealkylation sites (tertiary alicyclic amines) is 1. The Morgan fingerprint density at radius 2 is 2.00 bits per heavy atom. The number of halogens is 2. The first-order valence-corrected chi connectivity index (χ1v) is 11.0. The molecular formula is C25H24F2N4O3. The molecule has 2 aromatic carbocycles. The molecule has 1 fully saturated rings. The summed E-state index contributed by atoms with van der Waals surface area (Å²) in [7, 11) is 0. The number of carbonyl (C=O) groups is 3. The fourth-order valence-electron chi connectivity index (χ4n) is 4.76. The summed E-state index contributed by atoms with van der Waals surface area (Å²) in [5, 5.41) is 5.21. The van der Waals surface area contributed by atoms with Crippen LogP contribution in [0.5, 0.6) is 0 Å². The number of para-hydroxylation sites is 1. The van der Waals surface area contributed by atoms with Crippen molar-refractivity contribution in [2.24, 2.45) is 11.8 Å². The van der Waals surface area contributed by atoms with Gasteiger partial charge in [0.15, 0.2) is 0 Å². The van der Waals surface area contributed by atoms with Crippen molar-refractivity contribution in [3.05, 3.63) is 71.1 Å². The zero-order valence-corrected chi connectivity index (χ0v) is 18.8. The summed E-state index contributed by atoms with van der Waals surface area (Å²) in [5.41, 5.74) is 0.0660. The minimum atomic E-state index is -1.21. The first kappa shape index (κ1) is 23.4. The number of anilines is 2. The smallest absolute Gasteiger partial charge is 0.302 e. The average Bonchev–Trinajstić information content (AvgIpc) is 3.32. The summed E-state index contributed by atoms with van der Waals surface area (Å²) >= 11 is 0. The molecule has 4 rings (SSSR count). The van der Waals surface area contributed by atoms with Crippen LogP contribution in [0.15, 0.2) is 42.5 Å². The number of benzene rings is 2. The molecule has 3 atom stereocenters. The molecule has 2 heterocycles. The maximum absolute atomic E-state index is 14.1. The van der Waals surface area contributed by atoms with E-state index in [4.69, 9.17) is 6.57 Å². The van der Waals surface area contributed by atoms with Crippen molar-refractivity contribution >= 4 is 29.1 Å². The van der Waals surface area contributed by atoms with E-state index in [1.807, 2.05) is 13.8 Å². The molecule has 2 aromatic rings. The normalized spacial score (nSPS) is 21.8. The lowest BCUT2D eigenvalue weighted by Gasteiger charge is -2.25. The summed E-state index contributed by atoms with van der Waals surface area (Å²) in [6.07, 6.45) is -0.646. The Balaban J connectivity index is 1.63. The molecule has 1 spiro atoms. The molecule has 7 nitrogen and oxygen atoms in total. The van der Waals surface area contributed by atoms with Gasteiger partial charge in [-0.3, -0.25) is 24.1 Å². The third-order valence-corrected chi connectivity index (χ3v) is 6.40. The predicted octanol–water partition coefficient (Wildman–Crippen LogP) is 3.93. The number of hydrogen-bond donors (Lipinski definition) is 2. The highest BCUT2D eigenvalue weighted by Gasteiger charge is 2.59. The number of nitrogens with one attached hydrogen (secondary N) is 2. The van der Waals surface area contributed by atoms with Gasteiger partial charge in [-0.05, 0) is 36.1 Å². The molecule has 0 aliphatic carbocycles. The molecule has 0 saturated carbocycles. The summed E-state index contributed by atoms with van der Waals surface area (Å²) in [6, 6.07) is 9.90. The maximum Gasteiger partial charge on any atom is 0.302 e. The molecule has 34 heavy (non-hydrogen) atoms. The predicted molar refractivity (Wildman–Crippen MR) is 121 cm³/mol. The number of carbonyl (C=O) groups excluding carboxylic acids is 3. The Hall–Kier alpha value is -3.80. The summed E-state index contributed by atoms with van der Waals surface area (Å²) < 4.78 is 27.3. The van der Waals surface area contributed by atoms with Gasteiger partial charge < -0.3 is 10.6 Å². The van der Waals surface area contributed by atoms with Gasteiger partial charge >= 0.3 is 6.17 Å². The van der Waals surface area contributed by atoms with Crippen LogP contribution in [-0.2, 0) is 19.8 Å². The monoisotopic (exact) mass is 466 g/mol. The molecule has 0 aromatic heterocycles. The molecule has 2 N–H and O–H groups in total. The highest BCUT2D eigenvalue weighted by molar-refractivity contribution is 6.09. The van der Waals surface area contributed by atoms with Crippen LogP contribution in [0.3, 0.4) is 0 Å². The first-order valence-electron chi connectivity index (χ1n) is 11.0. The SMILES string of the molecule is [C-]#[N+][C@@H]1C[C@@]2(CN1C(=O)C(CC(C)C)C(=O)Nc1ccc(F)cc1F)C(=O)Nc1ccccc12. The van der Waals surface area contributed by atoms with Crippen molar-refractivity contribution in [1.82, 2.24) is 4.90 Å². The van der Waals surface area contributed by atoms with E-state index >= 15 is 0 Å². The fraction of sp³-hybridized carbons (Fsp3) is 0.360. The van der Waals surface area contributed by atoms with Crippen molar-refractivity contribution in [2.75, 3.05) is 17.2 Å². The fourth-order valence-corrected chi connectivity index (χ4v) is 4.76. The van der Waals surface area contributed by atoms with Gasteiger partial charge in [0.05, 0.1) is 12.1 Å². The highest BCUT2D eigenvalue weighted by atomic mass is 19.1. The van der Waals surface area contributed by atoms with Crippen LogP contribution in [0, 0.1) is 30.0 Å². The first-order chi connectivity index (χ1) is 16.2. The minimum Gasteiger partial charge on any atom is -0.325 e. The Kier molecular flexibility index (Phi) is 6.09. The van der Waals surface area contributed by atoms with Crippen LogP contribution < -0.4 is 10.6 Å². The van der Waals surface area contributed by atoms with Crippen LogP contribution in [-0.4, -0.2) is 35.3 Å². The van der Waals surface area contributed by atoms with Crippen LogP contribution in [0.1, 0.15) is 32.3 Å². The largest absolute Gasteiger partial charge is 0.325 e. The summed E-state index contributed by atoms with van der Waals surface area (Å²) in [5.74, 6) is -4.63. The van der Waals surface area contributed by atoms with Crippen LogP contribution in [0.25, 0.3) is 4.85 Å². The Morgan fingerprint density at radius 1 is 1.26 bits per heavy atom. The maximum atomic E-state index is 14.1. The van der Waals surface area contributed by atoms with E-state index in [0.717, 1.165) is 17.7 Å².